The Morgan fingerprint density at radius 1 is 0.906 bits per heavy atom. The number of carbonyl (C=O) groups excluding carboxylic acids is 1. The molecule has 158 valence electrons. The summed E-state index contributed by atoms with van der Waals surface area (Å²) < 4.78 is 2.17. The van der Waals surface area contributed by atoms with Gasteiger partial charge in [0.25, 0.3) is 5.91 Å². The van der Waals surface area contributed by atoms with E-state index in [1.807, 2.05) is 78.9 Å². The average molecular weight is 438 g/mol. The van der Waals surface area contributed by atoms with Gasteiger partial charge in [0.15, 0.2) is 5.17 Å². The first-order valence-electron chi connectivity index (χ1n) is 10.5. The molecule has 32 heavy (non-hydrogen) atoms. The highest BCUT2D eigenvalue weighted by Gasteiger charge is 2.34. The maximum Gasteiger partial charge on any atom is 0.267 e. The van der Waals surface area contributed by atoms with Crippen LogP contribution in [0.2, 0.25) is 0 Å². The number of aromatic nitrogens is 1. The van der Waals surface area contributed by atoms with E-state index < -0.39 is 0 Å². The van der Waals surface area contributed by atoms with Gasteiger partial charge >= 0.3 is 0 Å². The number of nitrogens with zero attached hydrogens (tertiary/aromatic N) is 3. The van der Waals surface area contributed by atoms with Crippen molar-refractivity contribution in [1.82, 2.24) is 9.47 Å². The molecule has 1 fully saturated rings. The van der Waals surface area contributed by atoms with Crippen molar-refractivity contribution in [2.75, 3.05) is 0 Å². The summed E-state index contributed by atoms with van der Waals surface area (Å²) in [5.41, 5.74) is 5.29. The van der Waals surface area contributed by atoms with Crippen molar-refractivity contribution in [2.45, 2.75) is 13.5 Å². The van der Waals surface area contributed by atoms with E-state index in [0.717, 1.165) is 33.4 Å². The highest BCUT2D eigenvalue weighted by Crippen LogP contribution is 2.37. The molecule has 3 aromatic carbocycles. The van der Waals surface area contributed by atoms with Gasteiger partial charge in [0.05, 0.1) is 17.1 Å². The zero-order chi connectivity index (χ0) is 22.1. The number of rotatable bonds is 4. The molecule has 0 aliphatic carbocycles. The predicted molar refractivity (Wildman–Crippen MR) is 134 cm³/mol. The van der Waals surface area contributed by atoms with Crippen LogP contribution in [-0.4, -0.2) is 20.5 Å². The van der Waals surface area contributed by atoms with Crippen molar-refractivity contribution in [3.8, 4) is 0 Å². The third-order valence-corrected chi connectivity index (χ3v) is 6.78. The van der Waals surface area contributed by atoms with Crippen LogP contribution in [0, 0.1) is 6.92 Å². The van der Waals surface area contributed by atoms with Gasteiger partial charge in [-0.15, -0.1) is 0 Å². The minimum absolute atomic E-state index is 0.0131. The Morgan fingerprint density at radius 3 is 2.31 bits per heavy atom. The molecule has 1 saturated heterocycles. The number of para-hydroxylation sites is 2. The molecule has 0 bridgehead atoms. The molecular weight excluding hydrogens is 414 g/mol. The summed E-state index contributed by atoms with van der Waals surface area (Å²) in [6, 6.07) is 28.1. The summed E-state index contributed by atoms with van der Waals surface area (Å²) in [7, 11) is 2.06. The van der Waals surface area contributed by atoms with E-state index in [2.05, 4.69) is 30.7 Å². The lowest BCUT2D eigenvalue weighted by molar-refractivity contribution is -0.122. The van der Waals surface area contributed by atoms with E-state index in [1.165, 1.54) is 11.8 Å². The number of fused-ring (bicyclic) bond motifs is 1. The monoisotopic (exact) mass is 437 g/mol. The fourth-order valence-electron chi connectivity index (χ4n) is 3.97. The SMILES string of the molecule is Cc1c(/C=C2/SC(=Nc3ccccc3)N(Cc3ccccc3)C2=O)c2ccccc2n1C. The molecule has 0 unspecified atom stereocenters. The minimum atomic E-state index is -0.0131. The second-order valence-corrected chi connectivity index (χ2v) is 8.80. The largest absolute Gasteiger partial charge is 0.347 e. The Hall–Kier alpha value is -3.57. The van der Waals surface area contributed by atoms with Gasteiger partial charge in [0.2, 0.25) is 0 Å². The number of thioether (sulfide) groups is 1. The number of carbonyl (C=O) groups is 1. The highest BCUT2D eigenvalue weighted by atomic mass is 32.2. The summed E-state index contributed by atoms with van der Waals surface area (Å²) in [6.45, 7) is 2.58. The standard InChI is InChI=1S/C27H23N3OS/c1-19-23(22-15-9-10-16-24(22)29(19)2)17-25-26(31)30(18-20-11-5-3-6-12-20)27(32-25)28-21-13-7-4-8-14-21/h3-17H,18H2,1-2H3/b25-17+,28-27?. The van der Waals surface area contributed by atoms with Crippen molar-refractivity contribution < 1.29 is 4.79 Å². The Kier molecular flexibility index (Phi) is 5.41. The van der Waals surface area contributed by atoms with Crippen LogP contribution >= 0.6 is 11.8 Å². The lowest BCUT2D eigenvalue weighted by Gasteiger charge is -2.15. The molecule has 0 radical (unpaired) electrons. The van der Waals surface area contributed by atoms with Gasteiger partial charge in [-0.3, -0.25) is 9.69 Å². The number of amides is 1. The first kappa shape index (κ1) is 20.3. The first-order valence-corrected chi connectivity index (χ1v) is 11.4. The third kappa shape index (κ3) is 3.76. The van der Waals surface area contributed by atoms with Crippen LogP contribution in [0.3, 0.4) is 0 Å². The molecule has 4 aromatic rings. The molecule has 4 nitrogen and oxygen atoms in total. The van der Waals surface area contributed by atoms with E-state index in [9.17, 15) is 4.79 Å². The van der Waals surface area contributed by atoms with Crippen LogP contribution in [-0.2, 0) is 18.4 Å². The van der Waals surface area contributed by atoms with Gasteiger partial charge < -0.3 is 4.57 Å². The van der Waals surface area contributed by atoms with E-state index in [1.54, 1.807) is 4.90 Å². The smallest absolute Gasteiger partial charge is 0.267 e. The van der Waals surface area contributed by atoms with Crippen LogP contribution in [0.5, 0.6) is 0 Å². The molecule has 1 aliphatic heterocycles. The van der Waals surface area contributed by atoms with Gasteiger partial charge in [0.1, 0.15) is 0 Å². The Balaban J connectivity index is 1.58. The summed E-state index contributed by atoms with van der Waals surface area (Å²) in [5, 5.41) is 1.85. The van der Waals surface area contributed by atoms with E-state index >= 15 is 0 Å². The van der Waals surface area contributed by atoms with Gasteiger partial charge in [-0.25, -0.2) is 4.99 Å². The van der Waals surface area contributed by atoms with Crippen LogP contribution < -0.4 is 0 Å². The molecule has 5 heteroatoms. The summed E-state index contributed by atoms with van der Waals surface area (Å²) in [4.78, 5) is 20.8. The van der Waals surface area contributed by atoms with E-state index in [-0.39, 0.29) is 5.91 Å². The number of aliphatic imine (C=N–C) groups is 1. The van der Waals surface area contributed by atoms with Gasteiger partial charge in [0, 0.05) is 29.2 Å². The Labute approximate surface area is 191 Å². The zero-order valence-corrected chi connectivity index (χ0v) is 18.8. The lowest BCUT2D eigenvalue weighted by Crippen LogP contribution is -2.28. The van der Waals surface area contributed by atoms with Gasteiger partial charge in [-0.2, -0.15) is 0 Å². The predicted octanol–water partition coefficient (Wildman–Crippen LogP) is 6.29. The van der Waals surface area contributed by atoms with Crippen molar-refractivity contribution in [2.24, 2.45) is 12.0 Å². The number of amidine groups is 1. The summed E-state index contributed by atoms with van der Waals surface area (Å²) in [5.74, 6) is -0.0131. The van der Waals surface area contributed by atoms with Crippen molar-refractivity contribution in [1.29, 1.82) is 0 Å². The maximum absolute atomic E-state index is 13.5. The van der Waals surface area contributed by atoms with Crippen LogP contribution in [0.15, 0.2) is 94.8 Å². The van der Waals surface area contributed by atoms with E-state index in [4.69, 9.17) is 4.99 Å². The van der Waals surface area contributed by atoms with Crippen molar-refractivity contribution >= 4 is 45.5 Å². The maximum atomic E-state index is 13.5. The number of aryl methyl sites for hydroxylation is 1. The summed E-state index contributed by atoms with van der Waals surface area (Å²) in [6.07, 6.45) is 2.02. The Morgan fingerprint density at radius 2 is 1.56 bits per heavy atom. The molecule has 1 amide bonds. The summed E-state index contributed by atoms with van der Waals surface area (Å²) >= 11 is 1.44. The number of benzene rings is 3. The lowest BCUT2D eigenvalue weighted by atomic mass is 10.1. The first-order chi connectivity index (χ1) is 15.6. The minimum Gasteiger partial charge on any atom is -0.347 e. The van der Waals surface area contributed by atoms with Crippen molar-refractivity contribution in [3.05, 3.63) is 107 Å². The Bertz CT molecular complexity index is 1350. The van der Waals surface area contributed by atoms with E-state index in [0.29, 0.717) is 16.6 Å². The average Bonchev–Trinajstić information content (AvgIpc) is 3.24. The molecule has 0 spiro atoms. The topological polar surface area (TPSA) is 37.6 Å². The molecular formula is C27H23N3OS. The zero-order valence-electron chi connectivity index (χ0n) is 18.0. The molecule has 0 N–H and O–H groups in total. The molecule has 0 saturated carbocycles. The third-order valence-electron chi connectivity index (χ3n) is 5.78. The fourth-order valence-corrected chi connectivity index (χ4v) is 4.95. The molecule has 5 rings (SSSR count). The van der Waals surface area contributed by atoms with Crippen LogP contribution in [0.1, 0.15) is 16.8 Å². The fraction of sp³-hybridized carbons (Fsp3) is 0.111. The molecule has 1 aliphatic rings. The quantitative estimate of drug-likeness (QED) is 0.352. The molecule has 2 heterocycles. The molecule has 0 atom stereocenters. The van der Waals surface area contributed by atoms with Crippen molar-refractivity contribution in [3.63, 3.8) is 0 Å². The number of hydrogen-bond donors (Lipinski definition) is 0. The molecule has 1 aromatic heterocycles. The second-order valence-electron chi connectivity index (χ2n) is 7.79. The highest BCUT2D eigenvalue weighted by molar-refractivity contribution is 8.18. The second kappa shape index (κ2) is 8.52. The van der Waals surface area contributed by atoms with Gasteiger partial charge in [-0.05, 0) is 48.5 Å². The van der Waals surface area contributed by atoms with Crippen LogP contribution in [0.4, 0.5) is 5.69 Å². The van der Waals surface area contributed by atoms with Gasteiger partial charge in [-0.1, -0.05) is 66.7 Å². The number of hydrogen-bond acceptors (Lipinski definition) is 3. The normalized spacial score (nSPS) is 16.6. The van der Waals surface area contributed by atoms with Crippen LogP contribution in [0.25, 0.3) is 17.0 Å².